The van der Waals surface area contributed by atoms with Crippen LogP contribution in [0.4, 0.5) is 54.5 Å². The number of phosphoric ester groups is 1. The monoisotopic (exact) mass is 1240 g/mol. The van der Waals surface area contributed by atoms with Gasteiger partial charge in [0.05, 0.1) is 38.7 Å². The molecule has 1 aliphatic rings. The molecule has 0 bridgehead atoms. The lowest BCUT2D eigenvalue weighted by atomic mass is 9.93. The fourth-order valence-electron chi connectivity index (χ4n) is 8.82. The van der Waals surface area contributed by atoms with Gasteiger partial charge in [0.2, 0.25) is 22.7 Å². The van der Waals surface area contributed by atoms with E-state index in [1.54, 1.807) is 0 Å². The number of aryl methyl sites for hydroxylation is 1. The quantitative estimate of drug-likeness (QED) is 0.0302. The summed E-state index contributed by atoms with van der Waals surface area (Å²) in [5, 5.41) is 8.43. The number of rotatable bonds is 19. The van der Waals surface area contributed by atoms with Gasteiger partial charge in [-0.2, -0.15) is 49.6 Å². The van der Waals surface area contributed by atoms with Gasteiger partial charge in [-0.1, -0.05) is 37.6 Å². The molecule has 0 aliphatic heterocycles. The number of carbonyl (C=O) groups is 3. The number of fused-ring (bicyclic) bond motifs is 2. The topological polar surface area (TPSA) is 263 Å². The fourth-order valence-corrected chi connectivity index (χ4v) is 10.6. The maximum absolute atomic E-state index is 15.9. The number of alkyl halides is 8. The zero-order valence-corrected chi connectivity index (χ0v) is 47.3. The summed E-state index contributed by atoms with van der Waals surface area (Å²) in [6.45, 7) is 1.98. The number of aromatic nitrogens is 5. The number of anilines is 1. The van der Waals surface area contributed by atoms with Gasteiger partial charge >= 0.3 is 32.2 Å². The van der Waals surface area contributed by atoms with Crippen molar-refractivity contribution in [3.05, 3.63) is 93.0 Å². The number of benzene rings is 2. The van der Waals surface area contributed by atoms with Crippen molar-refractivity contribution in [2.75, 3.05) is 30.7 Å². The van der Waals surface area contributed by atoms with Crippen LogP contribution in [0.3, 0.4) is 0 Å². The summed E-state index contributed by atoms with van der Waals surface area (Å²) in [6, 6.07) is 3.00. The molecule has 0 fully saturated rings. The number of urea groups is 1. The Morgan fingerprint density at radius 2 is 1.51 bits per heavy atom. The summed E-state index contributed by atoms with van der Waals surface area (Å²) >= 11 is 6.70. The number of pyridine rings is 1. The number of likely N-dealkylation sites (N-methyl/N-ethyl adjacent to an activating group) is 1. The number of amides is 3. The summed E-state index contributed by atoms with van der Waals surface area (Å²) in [7, 11) is -13.3. The van der Waals surface area contributed by atoms with Crippen LogP contribution in [0.25, 0.3) is 22.0 Å². The average Bonchev–Trinajstić information content (AvgIpc) is 4.13. The molecular formula is C47H52ClF10N8O12PS2. The van der Waals surface area contributed by atoms with Crippen LogP contribution in [0, 0.1) is 17.6 Å². The first-order valence-corrected chi connectivity index (χ1v) is 29.3. The van der Waals surface area contributed by atoms with Gasteiger partial charge in [0.25, 0.3) is 5.92 Å². The summed E-state index contributed by atoms with van der Waals surface area (Å²) in [6.07, 6.45) is -10.3. The summed E-state index contributed by atoms with van der Waals surface area (Å²) in [4.78, 5) is 65.1. The van der Waals surface area contributed by atoms with Gasteiger partial charge in [-0.25, -0.2) is 44.3 Å². The summed E-state index contributed by atoms with van der Waals surface area (Å²) < 4.78 is 221. The molecule has 34 heteroatoms. The molecule has 5 aromatic rings. The van der Waals surface area contributed by atoms with E-state index in [9.17, 15) is 70.9 Å². The number of esters is 1. The lowest BCUT2D eigenvalue weighted by Gasteiger charge is -2.35. The van der Waals surface area contributed by atoms with Gasteiger partial charge in [0.1, 0.15) is 36.0 Å². The van der Waals surface area contributed by atoms with E-state index in [4.69, 9.17) is 26.1 Å². The third-order valence-corrected chi connectivity index (χ3v) is 17.8. The second-order valence-corrected chi connectivity index (χ2v) is 26.5. The Bertz CT molecular complexity index is 3570. The lowest BCUT2D eigenvalue weighted by molar-refractivity contribution is -0.161. The van der Waals surface area contributed by atoms with Gasteiger partial charge in [-0.3, -0.25) is 19.1 Å². The number of hydrogen-bond acceptors (Lipinski definition) is 13. The second kappa shape index (κ2) is 22.3. The van der Waals surface area contributed by atoms with Crippen LogP contribution in [0.1, 0.15) is 93.8 Å². The first kappa shape index (κ1) is 64.3. The van der Waals surface area contributed by atoms with Crippen LogP contribution in [0.15, 0.2) is 42.5 Å². The van der Waals surface area contributed by atoms with Crippen molar-refractivity contribution in [1.29, 1.82) is 0 Å². The summed E-state index contributed by atoms with van der Waals surface area (Å²) in [5.41, 5.74) is -8.36. The van der Waals surface area contributed by atoms with E-state index >= 15 is 8.78 Å². The highest BCUT2D eigenvalue weighted by molar-refractivity contribution is 7.93. The van der Waals surface area contributed by atoms with Crippen molar-refractivity contribution >= 4 is 73.9 Å². The van der Waals surface area contributed by atoms with E-state index in [2.05, 4.69) is 25.0 Å². The number of carbonyl (C=O) groups excluding carboxylic acids is 3. The van der Waals surface area contributed by atoms with Crippen molar-refractivity contribution in [1.82, 2.24) is 34.8 Å². The normalized spacial score (nSPS) is 16.6. The third kappa shape index (κ3) is 13.8. The number of nitrogens with zero attached hydrogens (tertiary/aromatic N) is 7. The van der Waals surface area contributed by atoms with Crippen molar-refractivity contribution in [3.63, 3.8) is 0 Å². The number of nitrogens with one attached hydrogen (secondary N) is 1. The molecule has 1 aliphatic carbocycles. The van der Waals surface area contributed by atoms with Crippen LogP contribution in [-0.4, -0.2) is 117 Å². The average molecular weight is 1240 g/mol. The number of sulfonamides is 1. The van der Waals surface area contributed by atoms with Gasteiger partial charge in [-0.15, -0.1) is 0 Å². The Morgan fingerprint density at radius 1 is 0.914 bits per heavy atom. The molecule has 20 nitrogen and oxygen atoms in total. The van der Waals surface area contributed by atoms with E-state index in [1.165, 1.54) is 26.0 Å². The zero-order valence-electron chi connectivity index (χ0n) is 44.0. The predicted octanol–water partition coefficient (Wildman–Crippen LogP) is 8.71. The van der Waals surface area contributed by atoms with Crippen molar-refractivity contribution in [3.8, 4) is 11.1 Å². The number of hydrogen-bond donors (Lipinski definition) is 3. The molecule has 0 saturated heterocycles. The molecule has 0 unspecified atom stereocenters. The molecule has 0 saturated carbocycles. The van der Waals surface area contributed by atoms with Crippen molar-refractivity contribution in [2.45, 2.75) is 114 Å². The Hall–Kier alpha value is -5.92. The minimum absolute atomic E-state index is 0.0153. The van der Waals surface area contributed by atoms with Crippen LogP contribution in [0.5, 0.6) is 0 Å². The molecule has 3 amide bonds. The fraction of sp³-hybridized carbons (Fsp3) is 0.489. The van der Waals surface area contributed by atoms with E-state index in [1.807, 2.05) is 0 Å². The van der Waals surface area contributed by atoms with Crippen molar-refractivity contribution < 1.29 is 98.7 Å². The van der Waals surface area contributed by atoms with Crippen LogP contribution in [-0.2, 0) is 81.3 Å². The number of halogens is 11. The molecule has 3 atom stereocenters. The molecule has 0 radical (unpaired) electrons. The Labute approximate surface area is 460 Å². The highest BCUT2D eigenvalue weighted by Crippen LogP contribution is 2.55. The molecule has 446 valence electrons. The van der Waals surface area contributed by atoms with E-state index in [-0.39, 0.29) is 43.3 Å². The zero-order chi connectivity index (χ0) is 61.3. The van der Waals surface area contributed by atoms with Crippen LogP contribution in [0.2, 0.25) is 5.02 Å². The highest BCUT2D eigenvalue weighted by Gasteiger charge is 2.58. The molecule has 3 N–H and O–H groups in total. The maximum atomic E-state index is 15.9. The predicted molar refractivity (Wildman–Crippen MR) is 270 cm³/mol. The van der Waals surface area contributed by atoms with Gasteiger partial charge < -0.3 is 24.7 Å². The number of ether oxygens (including phenoxy) is 1. The van der Waals surface area contributed by atoms with Gasteiger partial charge in [0.15, 0.2) is 21.3 Å². The summed E-state index contributed by atoms with van der Waals surface area (Å²) in [5.74, 6) is -13.4. The number of sulfone groups is 1. The van der Waals surface area contributed by atoms with Gasteiger partial charge in [-0.05, 0) is 82.7 Å². The Morgan fingerprint density at radius 3 is 2.05 bits per heavy atom. The highest BCUT2D eigenvalue weighted by atomic mass is 35.5. The molecule has 0 spiro atoms. The van der Waals surface area contributed by atoms with Crippen LogP contribution >= 0.6 is 19.4 Å². The smallest absolute Gasteiger partial charge is 0.436 e. The number of phosphoric acid groups is 1. The second-order valence-electron chi connectivity index (χ2n) is 20.3. The minimum atomic E-state index is -5.29. The van der Waals surface area contributed by atoms with E-state index in [0.717, 1.165) is 65.3 Å². The SMILES string of the molecule is C[C@@H]1c2c(C(F)(F)F)nn(CC(=O)N[C@@H](Cc3cc(F)cc(F)c3)c3nc(CCC(C)(C)S(C)(=O)=O)ccc3-c3ccc(Cl)c4c(N(C(=O)N(C)C(C)(C)C(=O)OCOP(=O)(O)O)S(C)(=O)=O)nn(CC(F)(F)F)c34)c2C(F)(F)[C@@H]1C. The van der Waals surface area contributed by atoms with Crippen molar-refractivity contribution in [2.24, 2.45) is 5.92 Å². The molecule has 3 aromatic heterocycles. The largest absolute Gasteiger partial charge is 0.472 e. The molecular weight excluding hydrogens is 1190 g/mol. The van der Waals surface area contributed by atoms with Gasteiger partial charge in [0, 0.05) is 47.7 Å². The minimum Gasteiger partial charge on any atom is -0.436 e. The van der Waals surface area contributed by atoms with Crippen LogP contribution < -0.4 is 9.62 Å². The van der Waals surface area contributed by atoms with E-state index in [0.29, 0.717) is 17.2 Å². The first-order valence-electron chi connectivity index (χ1n) is 23.7. The molecule has 81 heavy (non-hydrogen) atoms. The molecule has 2 aromatic carbocycles. The standard InChI is InChI=1S/C47H52ClF10N8O12PS2/c1-23-24(2)46(54,55)39-34(23)38(47(56,57)58)61-64(39)20-33(67)60-32(18-25-16-26(49)19-27(50)17-25)36-29(11-10-28(59-36)14-15-43(3,4)80(8,73)74)30-12-13-31(48)35-37(30)65(21-45(51,52)53)62-40(35)66(81(9,75)76)42(69)63(7)44(5,6)41(68)77-22-78-79(70,71)72/h10-13,16-17,19,23-24,32H,14-15,18,20-22H2,1-9H3,(H,60,67)(H2,70,71,72)/t23-,24+,32-/m0/s1. The molecule has 3 heterocycles. The third-order valence-electron chi connectivity index (χ3n) is 13.8. The Balaban J connectivity index is 1.63. The Kier molecular flexibility index (Phi) is 17.7. The first-order chi connectivity index (χ1) is 36.8. The van der Waals surface area contributed by atoms with E-state index < -0.39 is 180 Å². The maximum Gasteiger partial charge on any atom is 0.472 e. The lowest BCUT2D eigenvalue weighted by Crippen LogP contribution is -2.57. The molecule has 6 rings (SSSR count).